The van der Waals surface area contributed by atoms with E-state index in [1.165, 1.54) is 0 Å². The molecule has 4 rings (SSSR count). The average Bonchev–Trinajstić information content (AvgIpc) is 3.22. The Kier molecular flexibility index (Phi) is 3.76. The zero-order chi connectivity index (χ0) is 17.6. The largest absolute Gasteiger partial charge is 0.497 e. The second-order valence-corrected chi connectivity index (χ2v) is 7.80. The molecule has 7 heteroatoms. The van der Waals surface area contributed by atoms with Crippen LogP contribution in [-0.2, 0) is 22.9 Å². The van der Waals surface area contributed by atoms with Crippen LogP contribution in [0.25, 0.3) is 0 Å². The van der Waals surface area contributed by atoms with Crippen molar-refractivity contribution in [3.05, 3.63) is 41.0 Å². The topological polar surface area (TPSA) is 73.9 Å². The van der Waals surface area contributed by atoms with Crippen molar-refractivity contribution in [3.63, 3.8) is 0 Å². The molecule has 0 aliphatic carbocycles. The predicted molar refractivity (Wildman–Crippen MR) is 93.4 cm³/mol. The van der Waals surface area contributed by atoms with Crippen LogP contribution in [0, 0.1) is 6.92 Å². The van der Waals surface area contributed by atoms with Gasteiger partial charge in [-0.25, -0.2) is 8.42 Å². The molecule has 1 N–H and O–H groups in total. The van der Waals surface area contributed by atoms with Crippen LogP contribution < -0.4 is 18.9 Å². The molecule has 0 amide bonds. The highest BCUT2D eigenvalue weighted by Gasteiger charge is 2.30. The predicted octanol–water partition coefficient (Wildman–Crippen LogP) is 2.67. The Balaban J connectivity index is 1.78. The van der Waals surface area contributed by atoms with Crippen molar-refractivity contribution in [2.45, 2.75) is 24.7 Å². The molecule has 0 spiro atoms. The van der Waals surface area contributed by atoms with Crippen molar-refractivity contribution in [1.29, 1.82) is 0 Å². The maximum atomic E-state index is 13.0. The van der Waals surface area contributed by atoms with Gasteiger partial charge in [-0.15, -0.1) is 0 Å². The van der Waals surface area contributed by atoms with Gasteiger partial charge in [-0.05, 0) is 36.8 Å². The summed E-state index contributed by atoms with van der Waals surface area (Å²) < 4.78 is 45.2. The van der Waals surface area contributed by atoms with Crippen LogP contribution in [0.2, 0.25) is 0 Å². The van der Waals surface area contributed by atoms with E-state index in [1.54, 1.807) is 32.2 Å². The lowest BCUT2D eigenvalue weighted by Crippen LogP contribution is -2.16. The first-order chi connectivity index (χ1) is 12.0. The smallest absolute Gasteiger partial charge is 0.262 e. The van der Waals surface area contributed by atoms with Crippen LogP contribution in [0.5, 0.6) is 17.2 Å². The van der Waals surface area contributed by atoms with Crippen molar-refractivity contribution in [1.82, 2.24) is 0 Å². The minimum absolute atomic E-state index is 0.219. The molecule has 0 radical (unpaired) electrons. The molecule has 2 heterocycles. The summed E-state index contributed by atoms with van der Waals surface area (Å²) >= 11 is 0. The summed E-state index contributed by atoms with van der Waals surface area (Å²) in [6, 6.07) is 6.85. The zero-order valence-corrected chi connectivity index (χ0v) is 14.9. The second kappa shape index (κ2) is 5.84. The van der Waals surface area contributed by atoms with Crippen molar-refractivity contribution < 1.29 is 22.6 Å². The molecule has 0 unspecified atom stereocenters. The number of hydrogen-bond acceptors (Lipinski definition) is 5. The third-order valence-electron chi connectivity index (χ3n) is 4.56. The maximum Gasteiger partial charge on any atom is 0.262 e. The van der Waals surface area contributed by atoms with Gasteiger partial charge in [-0.3, -0.25) is 4.72 Å². The molecular weight excluding hydrogens is 342 g/mol. The van der Waals surface area contributed by atoms with Gasteiger partial charge in [0.1, 0.15) is 17.2 Å². The molecule has 2 aromatic carbocycles. The van der Waals surface area contributed by atoms with Gasteiger partial charge < -0.3 is 14.2 Å². The van der Waals surface area contributed by atoms with Gasteiger partial charge in [-0.2, -0.15) is 0 Å². The van der Waals surface area contributed by atoms with E-state index in [4.69, 9.17) is 14.2 Å². The summed E-state index contributed by atoms with van der Waals surface area (Å²) in [5, 5.41) is 0. The minimum Gasteiger partial charge on any atom is -0.497 e. The van der Waals surface area contributed by atoms with Gasteiger partial charge >= 0.3 is 0 Å². The fourth-order valence-corrected chi connectivity index (χ4v) is 4.66. The van der Waals surface area contributed by atoms with E-state index in [9.17, 15) is 8.42 Å². The molecule has 132 valence electrons. The minimum atomic E-state index is -3.75. The molecule has 2 aliphatic rings. The first-order valence-electron chi connectivity index (χ1n) is 8.11. The van der Waals surface area contributed by atoms with Crippen molar-refractivity contribution in [3.8, 4) is 17.2 Å². The highest BCUT2D eigenvalue weighted by atomic mass is 32.2. The Morgan fingerprint density at radius 1 is 1.12 bits per heavy atom. The number of anilines is 1. The van der Waals surface area contributed by atoms with Crippen LogP contribution in [-0.4, -0.2) is 28.7 Å². The Bertz CT molecular complexity index is 920. The average molecular weight is 361 g/mol. The summed E-state index contributed by atoms with van der Waals surface area (Å²) in [4.78, 5) is 0.219. The van der Waals surface area contributed by atoms with Gasteiger partial charge in [0.15, 0.2) is 0 Å². The van der Waals surface area contributed by atoms with Crippen LogP contribution in [0.4, 0.5) is 5.69 Å². The number of benzene rings is 2. The highest BCUT2D eigenvalue weighted by Crippen LogP contribution is 2.45. The maximum absolute atomic E-state index is 13.0. The third kappa shape index (κ3) is 2.68. The van der Waals surface area contributed by atoms with E-state index in [-0.39, 0.29) is 4.90 Å². The molecular formula is C18H19NO5S. The van der Waals surface area contributed by atoms with Crippen molar-refractivity contribution in [2.75, 3.05) is 25.0 Å². The number of hydrogen-bond donors (Lipinski definition) is 1. The van der Waals surface area contributed by atoms with Gasteiger partial charge in [0.2, 0.25) is 0 Å². The molecule has 0 saturated carbocycles. The number of nitrogens with one attached hydrogen (secondary N) is 1. The summed E-state index contributed by atoms with van der Waals surface area (Å²) in [7, 11) is -2.20. The fourth-order valence-electron chi connectivity index (χ4n) is 3.33. The monoisotopic (exact) mass is 361 g/mol. The van der Waals surface area contributed by atoms with Crippen LogP contribution in [0.15, 0.2) is 29.2 Å². The zero-order valence-electron chi connectivity index (χ0n) is 14.1. The van der Waals surface area contributed by atoms with E-state index in [2.05, 4.69) is 4.72 Å². The molecule has 0 atom stereocenters. The lowest BCUT2D eigenvalue weighted by Gasteiger charge is -2.16. The Hall–Kier alpha value is -2.41. The lowest BCUT2D eigenvalue weighted by molar-refractivity contribution is 0.356. The highest BCUT2D eigenvalue weighted by molar-refractivity contribution is 7.92. The number of rotatable bonds is 4. The van der Waals surface area contributed by atoms with Crippen molar-refractivity contribution in [2.24, 2.45) is 0 Å². The van der Waals surface area contributed by atoms with E-state index in [0.29, 0.717) is 42.4 Å². The van der Waals surface area contributed by atoms with Gasteiger partial charge in [0, 0.05) is 24.0 Å². The molecule has 0 aromatic heterocycles. The molecule has 6 nitrogen and oxygen atoms in total. The van der Waals surface area contributed by atoms with Crippen LogP contribution in [0.1, 0.15) is 16.7 Å². The van der Waals surface area contributed by atoms with Crippen LogP contribution >= 0.6 is 0 Å². The quantitative estimate of drug-likeness (QED) is 0.906. The lowest BCUT2D eigenvalue weighted by atomic mass is 10.0. The summed E-state index contributed by atoms with van der Waals surface area (Å²) in [5.41, 5.74) is 2.96. The van der Waals surface area contributed by atoms with E-state index < -0.39 is 10.0 Å². The van der Waals surface area contributed by atoms with Gasteiger partial charge in [0.05, 0.1) is 30.9 Å². The Morgan fingerprint density at radius 3 is 2.68 bits per heavy atom. The Labute approximate surface area is 146 Å². The molecule has 0 saturated heterocycles. The first kappa shape index (κ1) is 16.1. The summed E-state index contributed by atoms with van der Waals surface area (Å²) in [5.74, 6) is 1.99. The first-order valence-corrected chi connectivity index (χ1v) is 9.60. The molecule has 0 fully saturated rings. The van der Waals surface area contributed by atoms with E-state index in [1.807, 2.05) is 6.07 Å². The fraction of sp³-hybridized carbons (Fsp3) is 0.333. The van der Waals surface area contributed by atoms with Crippen molar-refractivity contribution >= 4 is 15.7 Å². The number of aryl methyl sites for hydroxylation is 1. The molecule has 25 heavy (non-hydrogen) atoms. The second-order valence-electron chi connectivity index (χ2n) is 6.15. The number of ether oxygens (including phenoxy) is 3. The normalized spacial score (nSPS) is 15.1. The molecule has 0 bridgehead atoms. The van der Waals surface area contributed by atoms with E-state index >= 15 is 0 Å². The number of sulfonamides is 1. The standard InChI is InChI=1S/C18H19NO5S/c1-11-9-13(22-2)3-4-16(11)25(20,21)19-17-14-6-8-23-15(14)10-12-5-7-24-18(12)17/h3-4,9-10,19H,5-8H2,1-2H3. The number of methoxy groups -OCH3 is 1. The van der Waals surface area contributed by atoms with E-state index in [0.717, 1.165) is 23.3 Å². The van der Waals surface area contributed by atoms with Gasteiger partial charge in [-0.1, -0.05) is 0 Å². The Morgan fingerprint density at radius 2 is 1.92 bits per heavy atom. The molecule has 2 aromatic rings. The third-order valence-corrected chi connectivity index (χ3v) is 6.07. The van der Waals surface area contributed by atoms with Crippen LogP contribution in [0.3, 0.4) is 0 Å². The van der Waals surface area contributed by atoms with Gasteiger partial charge in [0.25, 0.3) is 10.0 Å². The summed E-state index contributed by atoms with van der Waals surface area (Å²) in [6.45, 7) is 2.85. The molecule has 2 aliphatic heterocycles. The SMILES string of the molecule is COc1ccc(S(=O)(=O)Nc2c3c(cc4c2OCC4)OCC3)c(C)c1. The summed E-state index contributed by atoms with van der Waals surface area (Å²) in [6.07, 6.45) is 1.41. The number of fused-ring (bicyclic) bond motifs is 2.